The lowest BCUT2D eigenvalue weighted by atomic mass is 10.2. The van der Waals surface area contributed by atoms with E-state index in [9.17, 15) is 18.0 Å². The number of amides is 2. The zero-order valence-corrected chi connectivity index (χ0v) is 17.8. The highest BCUT2D eigenvalue weighted by Crippen LogP contribution is 2.25. The van der Waals surface area contributed by atoms with Crippen LogP contribution < -0.4 is 11.1 Å². The number of nitrogens with zero attached hydrogens (tertiary/aromatic N) is 2. The molecule has 1 fully saturated rings. The summed E-state index contributed by atoms with van der Waals surface area (Å²) in [5.41, 5.74) is 6.41. The molecule has 1 aliphatic heterocycles. The SMILES string of the molecule is COCCN(CC(N)=O)CC(=O)Nc1cc(S(=O)(=O)N2CCCCC2)ccc1C. The minimum Gasteiger partial charge on any atom is -0.383 e. The van der Waals surface area contributed by atoms with Crippen LogP contribution in [0.4, 0.5) is 5.69 Å². The van der Waals surface area contributed by atoms with Crippen molar-refractivity contribution in [1.29, 1.82) is 0 Å². The zero-order chi connectivity index (χ0) is 21.4. The molecular weight excluding hydrogens is 396 g/mol. The number of sulfonamides is 1. The van der Waals surface area contributed by atoms with E-state index < -0.39 is 15.9 Å². The third-order valence-electron chi connectivity index (χ3n) is 4.79. The summed E-state index contributed by atoms with van der Waals surface area (Å²) in [5.74, 6) is -0.905. The van der Waals surface area contributed by atoms with Crippen LogP contribution in [0.2, 0.25) is 0 Å². The van der Waals surface area contributed by atoms with Gasteiger partial charge in [0.25, 0.3) is 0 Å². The van der Waals surface area contributed by atoms with Crippen molar-refractivity contribution in [3.8, 4) is 0 Å². The van der Waals surface area contributed by atoms with Crippen LogP contribution in [0.25, 0.3) is 0 Å². The number of nitrogens with one attached hydrogen (secondary N) is 1. The van der Waals surface area contributed by atoms with Crippen LogP contribution in [-0.4, -0.2) is 75.9 Å². The predicted molar refractivity (Wildman–Crippen MR) is 110 cm³/mol. The molecule has 1 aromatic rings. The van der Waals surface area contributed by atoms with Crippen molar-refractivity contribution in [3.63, 3.8) is 0 Å². The zero-order valence-electron chi connectivity index (χ0n) is 17.0. The molecule has 1 aromatic carbocycles. The van der Waals surface area contributed by atoms with Crippen LogP contribution >= 0.6 is 0 Å². The van der Waals surface area contributed by atoms with E-state index in [0.717, 1.165) is 24.8 Å². The van der Waals surface area contributed by atoms with E-state index in [1.165, 1.54) is 17.5 Å². The second-order valence-corrected chi connectivity index (χ2v) is 9.10. The van der Waals surface area contributed by atoms with E-state index in [1.54, 1.807) is 24.0 Å². The quantitative estimate of drug-likeness (QED) is 0.563. The fourth-order valence-electron chi connectivity index (χ4n) is 3.20. The Hall–Kier alpha value is -2.01. The molecule has 0 aliphatic carbocycles. The Balaban J connectivity index is 2.12. The Morgan fingerprint density at radius 1 is 1.21 bits per heavy atom. The van der Waals surface area contributed by atoms with Crippen molar-refractivity contribution >= 4 is 27.5 Å². The lowest BCUT2D eigenvalue weighted by molar-refractivity contribution is -0.121. The molecule has 1 saturated heterocycles. The maximum Gasteiger partial charge on any atom is 0.243 e. The number of benzene rings is 1. The van der Waals surface area contributed by atoms with Gasteiger partial charge in [-0.05, 0) is 37.5 Å². The molecule has 0 saturated carbocycles. The van der Waals surface area contributed by atoms with E-state index in [2.05, 4.69) is 5.32 Å². The molecule has 1 heterocycles. The van der Waals surface area contributed by atoms with E-state index in [-0.39, 0.29) is 23.9 Å². The van der Waals surface area contributed by atoms with Gasteiger partial charge in [-0.2, -0.15) is 4.31 Å². The fraction of sp³-hybridized carbons (Fsp3) is 0.579. The van der Waals surface area contributed by atoms with Gasteiger partial charge in [0.1, 0.15) is 0 Å². The highest BCUT2D eigenvalue weighted by Gasteiger charge is 2.26. The van der Waals surface area contributed by atoms with E-state index in [1.807, 2.05) is 0 Å². The highest BCUT2D eigenvalue weighted by atomic mass is 32.2. The molecule has 0 bridgehead atoms. The van der Waals surface area contributed by atoms with Gasteiger partial charge in [0.05, 0.1) is 24.6 Å². The van der Waals surface area contributed by atoms with E-state index in [0.29, 0.717) is 31.9 Å². The molecule has 162 valence electrons. The molecule has 10 heteroatoms. The number of primary amides is 1. The largest absolute Gasteiger partial charge is 0.383 e. The standard InChI is InChI=1S/C19H30N4O5S/c1-15-6-7-16(29(26,27)23-8-4-3-5-9-23)12-17(15)21-19(25)14-22(10-11-28-2)13-18(20)24/h6-7,12H,3-5,8-11,13-14H2,1-2H3,(H2,20,24)(H,21,25). The first-order valence-electron chi connectivity index (χ1n) is 9.64. The Bertz CT molecular complexity index is 822. The van der Waals surface area contributed by atoms with Gasteiger partial charge < -0.3 is 15.8 Å². The van der Waals surface area contributed by atoms with Crippen LogP contribution in [-0.2, 0) is 24.3 Å². The first-order chi connectivity index (χ1) is 13.7. The van der Waals surface area contributed by atoms with Gasteiger partial charge in [-0.25, -0.2) is 8.42 Å². The number of ether oxygens (including phenoxy) is 1. The molecule has 0 unspecified atom stereocenters. The van der Waals surface area contributed by atoms with Crippen molar-refractivity contribution in [2.75, 3.05) is 51.8 Å². The summed E-state index contributed by atoms with van der Waals surface area (Å²) in [6, 6.07) is 4.73. The molecule has 2 amide bonds. The summed E-state index contributed by atoms with van der Waals surface area (Å²) in [6.07, 6.45) is 2.74. The third kappa shape index (κ3) is 6.77. The predicted octanol–water partition coefficient (Wildman–Crippen LogP) is 0.542. The summed E-state index contributed by atoms with van der Waals surface area (Å²) >= 11 is 0. The second-order valence-electron chi connectivity index (χ2n) is 7.16. The number of hydrogen-bond acceptors (Lipinski definition) is 6. The Morgan fingerprint density at radius 3 is 2.52 bits per heavy atom. The molecule has 1 aliphatic rings. The van der Waals surface area contributed by atoms with Crippen LogP contribution in [0.1, 0.15) is 24.8 Å². The molecule has 3 N–H and O–H groups in total. The minimum atomic E-state index is -3.59. The Morgan fingerprint density at radius 2 is 1.90 bits per heavy atom. The second kappa shape index (κ2) is 10.7. The summed E-state index contributed by atoms with van der Waals surface area (Å²) in [4.78, 5) is 25.4. The molecule has 0 spiro atoms. The first kappa shape index (κ1) is 23.3. The Kier molecular flexibility index (Phi) is 8.57. The molecule has 2 rings (SSSR count). The number of carbonyl (C=O) groups is 2. The molecule has 9 nitrogen and oxygen atoms in total. The van der Waals surface area contributed by atoms with E-state index >= 15 is 0 Å². The van der Waals surface area contributed by atoms with Crippen molar-refractivity contribution in [2.24, 2.45) is 5.73 Å². The summed E-state index contributed by atoms with van der Waals surface area (Å²) < 4.78 is 32.3. The van der Waals surface area contributed by atoms with Crippen molar-refractivity contribution in [1.82, 2.24) is 9.21 Å². The van der Waals surface area contributed by atoms with E-state index in [4.69, 9.17) is 10.5 Å². The molecule has 0 atom stereocenters. The molecule has 0 aromatic heterocycles. The topological polar surface area (TPSA) is 122 Å². The van der Waals surface area contributed by atoms with Crippen LogP contribution in [0.5, 0.6) is 0 Å². The number of aryl methyl sites for hydroxylation is 1. The lowest BCUT2D eigenvalue weighted by Gasteiger charge is -2.26. The molecular formula is C19H30N4O5S. The lowest BCUT2D eigenvalue weighted by Crippen LogP contribution is -2.41. The maximum absolute atomic E-state index is 12.9. The van der Waals surface area contributed by atoms with Crippen molar-refractivity contribution in [3.05, 3.63) is 23.8 Å². The third-order valence-corrected chi connectivity index (χ3v) is 6.69. The maximum atomic E-state index is 12.9. The number of anilines is 1. The number of carbonyl (C=O) groups excluding carboxylic acids is 2. The van der Waals surface area contributed by atoms with Gasteiger partial charge in [-0.3, -0.25) is 14.5 Å². The fourth-order valence-corrected chi connectivity index (χ4v) is 4.74. The van der Waals surface area contributed by atoms with Crippen LogP contribution in [0, 0.1) is 6.92 Å². The van der Waals surface area contributed by atoms with Gasteiger partial charge in [-0.15, -0.1) is 0 Å². The van der Waals surface area contributed by atoms with Crippen molar-refractivity contribution < 1.29 is 22.7 Å². The summed E-state index contributed by atoms with van der Waals surface area (Å²) in [7, 11) is -2.07. The minimum absolute atomic E-state index is 0.0607. The summed E-state index contributed by atoms with van der Waals surface area (Å²) in [5, 5.41) is 2.75. The molecule has 29 heavy (non-hydrogen) atoms. The van der Waals surface area contributed by atoms with Gasteiger partial charge in [0, 0.05) is 32.4 Å². The van der Waals surface area contributed by atoms with Gasteiger partial charge in [-0.1, -0.05) is 12.5 Å². The summed E-state index contributed by atoms with van der Waals surface area (Å²) in [6.45, 7) is 3.41. The normalized spacial score (nSPS) is 15.4. The smallest absolute Gasteiger partial charge is 0.243 e. The number of rotatable bonds is 10. The van der Waals surface area contributed by atoms with Gasteiger partial charge in [0.15, 0.2) is 0 Å². The number of piperidine rings is 1. The number of hydrogen-bond donors (Lipinski definition) is 2. The van der Waals surface area contributed by atoms with Crippen LogP contribution in [0.3, 0.4) is 0 Å². The monoisotopic (exact) mass is 426 g/mol. The number of methoxy groups -OCH3 is 1. The molecule has 0 radical (unpaired) electrons. The average Bonchev–Trinajstić information content (AvgIpc) is 2.68. The first-order valence-corrected chi connectivity index (χ1v) is 11.1. The highest BCUT2D eigenvalue weighted by molar-refractivity contribution is 7.89. The van der Waals surface area contributed by atoms with Crippen molar-refractivity contribution in [2.45, 2.75) is 31.1 Å². The average molecular weight is 427 g/mol. The van der Waals surface area contributed by atoms with Crippen LogP contribution in [0.15, 0.2) is 23.1 Å². The van der Waals surface area contributed by atoms with Gasteiger partial charge >= 0.3 is 0 Å². The Labute approximate surface area is 172 Å². The van der Waals surface area contributed by atoms with Gasteiger partial charge in [0.2, 0.25) is 21.8 Å². The number of nitrogens with two attached hydrogens (primary N) is 1.